The molecule has 1 heterocycles. The molecule has 1 N–H and O–H groups in total. The van der Waals surface area contributed by atoms with E-state index in [2.05, 4.69) is 15.9 Å². The number of hydrogen-bond acceptors (Lipinski definition) is 3. The summed E-state index contributed by atoms with van der Waals surface area (Å²) in [5.74, 6) is 0.737. The van der Waals surface area contributed by atoms with Gasteiger partial charge in [0.05, 0.1) is 6.61 Å². The molecule has 2 rings (SSSR count). The SMILES string of the molecule is CCOc1ccc(Br)cc1C(O)c1sccc1C. The highest BCUT2D eigenvalue weighted by molar-refractivity contribution is 9.10. The van der Waals surface area contributed by atoms with E-state index < -0.39 is 6.10 Å². The van der Waals surface area contributed by atoms with Crippen LogP contribution in [0.5, 0.6) is 5.75 Å². The highest BCUT2D eigenvalue weighted by Crippen LogP contribution is 2.35. The van der Waals surface area contributed by atoms with E-state index >= 15 is 0 Å². The number of hydrogen-bond donors (Lipinski definition) is 1. The van der Waals surface area contributed by atoms with Gasteiger partial charge in [0.25, 0.3) is 0 Å². The number of halogens is 1. The van der Waals surface area contributed by atoms with Gasteiger partial charge in [-0.3, -0.25) is 0 Å². The van der Waals surface area contributed by atoms with Crippen molar-refractivity contribution in [1.29, 1.82) is 0 Å². The average Bonchev–Trinajstić information content (AvgIpc) is 2.77. The van der Waals surface area contributed by atoms with Crippen molar-refractivity contribution in [2.45, 2.75) is 20.0 Å². The summed E-state index contributed by atoms with van der Waals surface area (Å²) < 4.78 is 6.51. The predicted octanol–water partition coefficient (Wildman–Crippen LogP) is 4.30. The van der Waals surface area contributed by atoms with Crippen LogP contribution >= 0.6 is 27.3 Å². The van der Waals surface area contributed by atoms with Gasteiger partial charge in [0.15, 0.2) is 0 Å². The molecule has 0 amide bonds. The minimum absolute atomic E-state index is 0.588. The molecule has 1 aromatic heterocycles. The summed E-state index contributed by atoms with van der Waals surface area (Å²) in [5, 5.41) is 12.5. The van der Waals surface area contributed by atoms with Crippen LogP contribution in [-0.4, -0.2) is 11.7 Å². The van der Waals surface area contributed by atoms with Crippen molar-refractivity contribution < 1.29 is 9.84 Å². The molecule has 0 radical (unpaired) electrons. The van der Waals surface area contributed by atoms with Crippen molar-refractivity contribution in [3.8, 4) is 5.75 Å². The van der Waals surface area contributed by atoms with E-state index in [1.807, 2.05) is 43.5 Å². The number of aliphatic hydroxyl groups excluding tert-OH is 1. The number of aryl methyl sites for hydroxylation is 1. The Morgan fingerprint density at radius 2 is 2.17 bits per heavy atom. The number of ether oxygens (including phenoxy) is 1. The molecular formula is C14H15BrO2S. The first-order chi connectivity index (χ1) is 8.63. The smallest absolute Gasteiger partial charge is 0.125 e. The molecule has 4 heteroatoms. The van der Waals surface area contributed by atoms with Crippen LogP contribution in [-0.2, 0) is 0 Å². The topological polar surface area (TPSA) is 29.5 Å². The third-order valence-corrected chi connectivity index (χ3v) is 4.28. The molecule has 2 nitrogen and oxygen atoms in total. The van der Waals surface area contributed by atoms with E-state index in [0.29, 0.717) is 6.61 Å². The Balaban J connectivity index is 2.43. The van der Waals surface area contributed by atoms with Crippen LogP contribution in [0.1, 0.15) is 29.0 Å². The fraction of sp³-hybridized carbons (Fsp3) is 0.286. The van der Waals surface area contributed by atoms with Crippen LogP contribution in [0.25, 0.3) is 0 Å². The first kappa shape index (κ1) is 13.6. The summed E-state index contributed by atoms with van der Waals surface area (Å²) in [4.78, 5) is 0.967. The quantitative estimate of drug-likeness (QED) is 0.907. The van der Waals surface area contributed by atoms with E-state index in [1.54, 1.807) is 11.3 Å². The zero-order valence-corrected chi connectivity index (χ0v) is 12.7. The molecule has 0 bridgehead atoms. The van der Waals surface area contributed by atoms with Gasteiger partial charge in [-0.15, -0.1) is 11.3 Å². The Bertz CT molecular complexity index is 536. The molecule has 0 saturated carbocycles. The van der Waals surface area contributed by atoms with Gasteiger partial charge in [-0.05, 0) is 49.1 Å². The van der Waals surface area contributed by atoms with E-state index in [4.69, 9.17) is 4.74 Å². The van der Waals surface area contributed by atoms with E-state index in [0.717, 1.165) is 26.2 Å². The van der Waals surface area contributed by atoms with Gasteiger partial charge in [0, 0.05) is 14.9 Å². The molecule has 96 valence electrons. The molecule has 0 spiro atoms. The first-order valence-corrected chi connectivity index (χ1v) is 7.45. The van der Waals surface area contributed by atoms with Crippen molar-refractivity contribution in [1.82, 2.24) is 0 Å². The average molecular weight is 327 g/mol. The molecule has 1 aromatic carbocycles. The van der Waals surface area contributed by atoms with Crippen LogP contribution < -0.4 is 4.74 Å². The molecule has 0 fully saturated rings. The van der Waals surface area contributed by atoms with Crippen LogP contribution in [0.4, 0.5) is 0 Å². The van der Waals surface area contributed by atoms with Crippen molar-refractivity contribution >= 4 is 27.3 Å². The minimum Gasteiger partial charge on any atom is -0.493 e. The lowest BCUT2D eigenvalue weighted by atomic mass is 10.0. The maximum Gasteiger partial charge on any atom is 0.125 e. The maximum absolute atomic E-state index is 10.5. The third-order valence-electron chi connectivity index (χ3n) is 2.72. The second kappa shape index (κ2) is 5.87. The molecule has 0 saturated heterocycles. The van der Waals surface area contributed by atoms with E-state index in [9.17, 15) is 5.11 Å². The number of benzene rings is 1. The lowest BCUT2D eigenvalue weighted by Gasteiger charge is -2.16. The summed E-state index contributed by atoms with van der Waals surface area (Å²) in [5.41, 5.74) is 1.91. The van der Waals surface area contributed by atoms with Gasteiger partial charge in [-0.1, -0.05) is 15.9 Å². The Morgan fingerprint density at radius 3 is 2.78 bits per heavy atom. The van der Waals surface area contributed by atoms with Crippen LogP contribution in [0.3, 0.4) is 0 Å². The van der Waals surface area contributed by atoms with Crippen LogP contribution in [0.15, 0.2) is 34.1 Å². The Morgan fingerprint density at radius 1 is 1.39 bits per heavy atom. The second-order valence-corrected chi connectivity index (χ2v) is 5.85. The minimum atomic E-state index is -0.635. The summed E-state index contributed by atoms with van der Waals surface area (Å²) in [7, 11) is 0. The molecule has 0 aliphatic heterocycles. The molecule has 1 atom stereocenters. The maximum atomic E-state index is 10.5. The summed E-state index contributed by atoms with van der Waals surface area (Å²) >= 11 is 5.00. The van der Waals surface area contributed by atoms with Crippen LogP contribution in [0, 0.1) is 6.92 Å². The van der Waals surface area contributed by atoms with E-state index in [1.165, 1.54) is 0 Å². The monoisotopic (exact) mass is 326 g/mol. The fourth-order valence-corrected chi connectivity index (χ4v) is 3.13. The molecule has 0 aliphatic carbocycles. The molecule has 1 unspecified atom stereocenters. The molecular weight excluding hydrogens is 312 g/mol. The standard InChI is InChI=1S/C14H15BrO2S/c1-3-17-12-5-4-10(15)8-11(12)13(16)14-9(2)6-7-18-14/h4-8,13,16H,3H2,1-2H3. The predicted molar refractivity (Wildman–Crippen MR) is 78.4 cm³/mol. The van der Waals surface area contributed by atoms with Gasteiger partial charge in [-0.2, -0.15) is 0 Å². The normalized spacial score (nSPS) is 12.4. The number of rotatable bonds is 4. The summed E-state index contributed by atoms with van der Waals surface area (Å²) in [6.07, 6.45) is -0.635. The van der Waals surface area contributed by atoms with Gasteiger partial charge in [0.2, 0.25) is 0 Å². The van der Waals surface area contributed by atoms with Crippen LogP contribution in [0.2, 0.25) is 0 Å². The highest BCUT2D eigenvalue weighted by atomic mass is 79.9. The van der Waals surface area contributed by atoms with E-state index in [-0.39, 0.29) is 0 Å². The number of thiophene rings is 1. The third kappa shape index (κ3) is 2.76. The molecule has 18 heavy (non-hydrogen) atoms. The van der Waals surface area contributed by atoms with Crippen molar-refractivity contribution in [3.05, 3.63) is 50.1 Å². The largest absolute Gasteiger partial charge is 0.493 e. The van der Waals surface area contributed by atoms with Gasteiger partial charge in [-0.25, -0.2) is 0 Å². The Kier molecular flexibility index (Phi) is 4.43. The van der Waals surface area contributed by atoms with Crippen molar-refractivity contribution in [2.75, 3.05) is 6.61 Å². The van der Waals surface area contributed by atoms with Crippen molar-refractivity contribution in [2.24, 2.45) is 0 Å². The Hall–Kier alpha value is -0.840. The molecule has 2 aromatic rings. The second-order valence-electron chi connectivity index (χ2n) is 3.99. The van der Waals surface area contributed by atoms with Gasteiger partial charge < -0.3 is 9.84 Å². The fourth-order valence-electron chi connectivity index (χ4n) is 1.83. The van der Waals surface area contributed by atoms with Crippen molar-refractivity contribution in [3.63, 3.8) is 0 Å². The van der Waals surface area contributed by atoms with Gasteiger partial charge in [0.1, 0.15) is 11.9 Å². The summed E-state index contributed by atoms with van der Waals surface area (Å²) in [6.45, 7) is 4.53. The first-order valence-electron chi connectivity index (χ1n) is 5.77. The zero-order valence-electron chi connectivity index (χ0n) is 10.3. The lowest BCUT2D eigenvalue weighted by molar-refractivity contribution is 0.215. The lowest BCUT2D eigenvalue weighted by Crippen LogP contribution is -2.03. The Labute approximate surface area is 119 Å². The highest BCUT2D eigenvalue weighted by Gasteiger charge is 2.18. The number of aliphatic hydroxyl groups is 1. The zero-order chi connectivity index (χ0) is 13.1. The summed E-state index contributed by atoms with van der Waals surface area (Å²) in [6, 6.07) is 7.73. The van der Waals surface area contributed by atoms with Gasteiger partial charge >= 0.3 is 0 Å². The molecule has 0 aliphatic rings.